The molecule has 3 aromatic carbocycles. The van der Waals surface area contributed by atoms with Crippen LogP contribution in [0.5, 0.6) is 0 Å². The summed E-state index contributed by atoms with van der Waals surface area (Å²) in [6.07, 6.45) is 2.13. The Hall–Kier alpha value is -3.41. The maximum Gasteiger partial charge on any atom is 0.673 e. The van der Waals surface area contributed by atoms with Crippen molar-refractivity contribution in [2.75, 3.05) is 0 Å². The lowest BCUT2D eigenvalue weighted by atomic mass is 9.98. The summed E-state index contributed by atoms with van der Waals surface area (Å²) < 4.78 is 41.3. The molecule has 0 radical (unpaired) electrons. The molecule has 0 bridgehead atoms. The van der Waals surface area contributed by atoms with Crippen LogP contribution in [-0.2, 0) is 0 Å². The molecule has 1 heterocycles. The molecule has 29 heavy (non-hydrogen) atoms. The number of halogens is 4. The number of nitrogens with zero attached hydrogens (tertiary/aromatic N) is 1. The highest BCUT2D eigenvalue weighted by atomic mass is 19.5. The highest BCUT2D eigenvalue weighted by molar-refractivity contribution is 6.50. The van der Waals surface area contributed by atoms with Crippen LogP contribution < -0.4 is 4.57 Å². The van der Waals surface area contributed by atoms with Gasteiger partial charge in [0, 0.05) is 23.8 Å². The van der Waals surface area contributed by atoms with Gasteiger partial charge in [0.1, 0.15) is 0 Å². The number of hydrogen-bond donors (Lipinski definition) is 0. The monoisotopic (exact) mass is 395 g/mol. The van der Waals surface area contributed by atoms with Crippen molar-refractivity contribution in [3.8, 4) is 28.1 Å². The van der Waals surface area contributed by atoms with E-state index in [2.05, 4.69) is 108 Å². The van der Waals surface area contributed by atoms with Crippen molar-refractivity contribution in [2.24, 2.45) is 0 Å². The number of pyridine rings is 1. The smallest absolute Gasteiger partial charge is 0.418 e. The summed E-state index contributed by atoms with van der Waals surface area (Å²) in [7, 11) is -6.00. The first-order valence-corrected chi connectivity index (χ1v) is 9.02. The average Bonchev–Trinajstić information content (AvgIpc) is 2.74. The van der Waals surface area contributed by atoms with Crippen LogP contribution in [0.15, 0.2) is 109 Å². The average molecular weight is 395 g/mol. The molecule has 4 aromatic rings. The molecule has 0 aliphatic rings. The molecular formula is C23H18BF4N. The van der Waals surface area contributed by atoms with E-state index >= 15 is 0 Å². The van der Waals surface area contributed by atoms with E-state index in [1.807, 2.05) is 6.07 Å². The largest absolute Gasteiger partial charge is 0.673 e. The van der Waals surface area contributed by atoms with Gasteiger partial charge in [0.2, 0.25) is 11.4 Å². The fourth-order valence-electron chi connectivity index (χ4n) is 3.05. The molecular weight excluding hydrogens is 377 g/mol. The highest BCUT2D eigenvalue weighted by Crippen LogP contribution is 2.29. The number of hydrogen-bond acceptors (Lipinski definition) is 0. The van der Waals surface area contributed by atoms with E-state index in [9.17, 15) is 17.3 Å². The second-order valence-corrected chi connectivity index (χ2v) is 6.20. The summed E-state index contributed by atoms with van der Waals surface area (Å²) in [6.45, 7) is 0. The van der Waals surface area contributed by atoms with E-state index in [-0.39, 0.29) is 0 Å². The second-order valence-electron chi connectivity index (χ2n) is 6.20. The van der Waals surface area contributed by atoms with Gasteiger partial charge in [0.15, 0.2) is 6.20 Å². The summed E-state index contributed by atoms with van der Waals surface area (Å²) >= 11 is 0. The zero-order valence-electron chi connectivity index (χ0n) is 15.4. The molecule has 1 aromatic heterocycles. The Morgan fingerprint density at radius 2 is 0.966 bits per heavy atom. The predicted octanol–water partition coefficient (Wildman–Crippen LogP) is 6.60. The van der Waals surface area contributed by atoms with Crippen LogP contribution in [0.1, 0.15) is 0 Å². The van der Waals surface area contributed by atoms with Gasteiger partial charge < -0.3 is 17.3 Å². The summed E-state index contributed by atoms with van der Waals surface area (Å²) in [6, 6.07) is 35.9. The van der Waals surface area contributed by atoms with Crippen LogP contribution in [-0.4, -0.2) is 7.25 Å². The van der Waals surface area contributed by atoms with Crippen molar-refractivity contribution in [1.82, 2.24) is 0 Å². The van der Waals surface area contributed by atoms with Gasteiger partial charge in [-0.25, -0.2) is 0 Å². The molecule has 0 fully saturated rings. The van der Waals surface area contributed by atoms with Crippen molar-refractivity contribution >= 4 is 7.25 Å². The molecule has 0 aliphatic carbocycles. The minimum atomic E-state index is -6.00. The Bertz CT molecular complexity index is 973. The normalized spacial score (nSPS) is 10.8. The van der Waals surface area contributed by atoms with Crippen LogP contribution in [0.3, 0.4) is 0 Å². The molecule has 6 heteroatoms. The van der Waals surface area contributed by atoms with Gasteiger partial charge in [-0.1, -0.05) is 66.7 Å². The van der Waals surface area contributed by atoms with Crippen molar-refractivity contribution < 1.29 is 21.8 Å². The number of rotatable bonds is 3. The Kier molecular flexibility index (Phi) is 6.44. The molecule has 0 saturated heterocycles. The van der Waals surface area contributed by atoms with Crippen molar-refractivity contribution in [3.05, 3.63) is 109 Å². The first kappa shape index (κ1) is 20.3. The third kappa shape index (κ3) is 5.78. The van der Waals surface area contributed by atoms with Crippen molar-refractivity contribution in [1.29, 1.82) is 0 Å². The Labute approximate surface area is 167 Å². The van der Waals surface area contributed by atoms with E-state index < -0.39 is 7.25 Å². The van der Waals surface area contributed by atoms with E-state index in [1.165, 1.54) is 22.4 Å². The highest BCUT2D eigenvalue weighted by Gasteiger charge is 2.21. The summed E-state index contributed by atoms with van der Waals surface area (Å²) in [5, 5.41) is 0. The Balaban J connectivity index is 0.000000431. The van der Waals surface area contributed by atoms with Gasteiger partial charge in [-0.15, -0.1) is 0 Å². The van der Waals surface area contributed by atoms with Gasteiger partial charge in [-0.3, -0.25) is 0 Å². The van der Waals surface area contributed by atoms with Crippen LogP contribution in [0.2, 0.25) is 0 Å². The first-order valence-electron chi connectivity index (χ1n) is 9.02. The quantitative estimate of drug-likeness (QED) is 0.209. The fourth-order valence-corrected chi connectivity index (χ4v) is 3.05. The van der Waals surface area contributed by atoms with Crippen LogP contribution in [0, 0.1) is 0 Å². The zero-order valence-corrected chi connectivity index (χ0v) is 15.4. The summed E-state index contributed by atoms with van der Waals surface area (Å²) in [5.41, 5.74) is 6.03. The summed E-state index contributed by atoms with van der Waals surface area (Å²) in [5.74, 6) is 0. The first-order chi connectivity index (χ1) is 13.9. The van der Waals surface area contributed by atoms with Gasteiger partial charge in [-0.2, -0.15) is 4.57 Å². The topological polar surface area (TPSA) is 3.88 Å². The number of para-hydroxylation sites is 1. The molecule has 4 rings (SSSR count). The second kappa shape index (κ2) is 9.19. The molecule has 146 valence electrons. The van der Waals surface area contributed by atoms with Gasteiger partial charge >= 0.3 is 7.25 Å². The molecule has 0 unspecified atom stereocenters. The molecule has 0 amide bonds. The summed E-state index contributed by atoms with van der Waals surface area (Å²) in [4.78, 5) is 0. The SMILES string of the molecule is F[B-](F)(F)F.c1ccc(-c2ccc[n+](-c3ccccc3)c2-c2ccccc2)cc1. The van der Waals surface area contributed by atoms with Crippen LogP contribution in [0.25, 0.3) is 28.1 Å². The lowest BCUT2D eigenvalue weighted by Crippen LogP contribution is -2.33. The van der Waals surface area contributed by atoms with E-state index in [0.29, 0.717) is 0 Å². The lowest BCUT2D eigenvalue weighted by Gasteiger charge is -2.09. The predicted molar refractivity (Wildman–Crippen MR) is 109 cm³/mol. The van der Waals surface area contributed by atoms with Gasteiger partial charge in [0.25, 0.3) is 0 Å². The molecule has 1 nitrogen and oxygen atoms in total. The Morgan fingerprint density at radius 1 is 0.517 bits per heavy atom. The molecule has 0 spiro atoms. The minimum Gasteiger partial charge on any atom is -0.418 e. The van der Waals surface area contributed by atoms with Crippen LogP contribution in [0.4, 0.5) is 17.3 Å². The number of benzene rings is 3. The van der Waals surface area contributed by atoms with E-state index in [4.69, 9.17) is 0 Å². The van der Waals surface area contributed by atoms with E-state index in [1.54, 1.807) is 0 Å². The molecule has 0 aliphatic heterocycles. The van der Waals surface area contributed by atoms with E-state index in [0.717, 1.165) is 5.69 Å². The number of aromatic nitrogens is 1. The van der Waals surface area contributed by atoms with Crippen LogP contribution >= 0.6 is 0 Å². The fraction of sp³-hybridized carbons (Fsp3) is 0. The zero-order chi connectivity index (χ0) is 20.7. The third-order valence-corrected chi connectivity index (χ3v) is 4.16. The van der Waals surface area contributed by atoms with Crippen molar-refractivity contribution in [3.63, 3.8) is 0 Å². The van der Waals surface area contributed by atoms with Crippen molar-refractivity contribution in [2.45, 2.75) is 0 Å². The van der Waals surface area contributed by atoms with Gasteiger partial charge in [-0.05, 0) is 23.8 Å². The molecule has 0 N–H and O–H groups in total. The maximum atomic E-state index is 9.75. The van der Waals surface area contributed by atoms with Gasteiger partial charge in [0.05, 0.1) is 5.56 Å². The third-order valence-electron chi connectivity index (χ3n) is 4.16. The standard InChI is InChI=1S/C23H18N.BF4/c1-4-11-19(12-5-1)22-17-10-18-24(21-15-8-3-9-16-21)23(22)20-13-6-2-7-14-20;2-1(3,4)5/h1-18H;/q+1;-1. The molecule has 0 atom stereocenters. The minimum absolute atomic E-state index is 1.16. The lowest BCUT2D eigenvalue weighted by molar-refractivity contribution is -0.583. The molecule has 0 saturated carbocycles. The Morgan fingerprint density at radius 3 is 1.48 bits per heavy atom. The maximum absolute atomic E-state index is 9.75.